The lowest BCUT2D eigenvalue weighted by Gasteiger charge is -2.25. The van der Waals surface area contributed by atoms with E-state index in [-0.39, 0.29) is 24.6 Å². The zero-order valence-corrected chi connectivity index (χ0v) is 15.3. The highest BCUT2D eigenvalue weighted by molar-refractivity contribution is 5.97. The Hall–Kier alpha value is -2.48. The van der Waals surface area contributed by atoms with Crippen molar-refractivity contribution in [3.63, 3.8) is 0 Å². The van der Waals surface area contributed by atoms with Gasteiger partial charge in [-0.2, -0.15) is 0 Å². The summed E-state index contributed by atoms with van der Waals surface area (Å²) >= 11 is 0. The Morgan fingerprint density at radius 3 is 2.62 bits per heavy atom. The molecule has 0 saturated heterocycles. The summed E-state index contributed by atoms with van der Waals surface area (Å²) in [7, 11) is 0. The van der Waals surface area contributed by atoms with Crippen molar-refractivity contribution in [2.45, 2.75) is 27.2 Å². The average molecular weight is 368 g/mol. The number of carbonyl (C=O) groups is 3. The molecule has 1 aromatic carbocycles. The summed E-state index contributed by atoms with van der Waals surface area (Å²) < 4.78 is 19.4. The van der Waals surface area contributed by atoms with Crippen LogP contribution >= 0.6 is 0 Å². The number of ether oxygens (including phenoxy) is 1. The fraction of sp³-hybridized carbons (Fsp3) is 0.500. The first kappa shape index (κ1) is 21.6. The molecular weight excluding hydrogens is 343 g/mol. The van der Waals surface area contributed by atoms with Crippen molar-refractivity contribution in [2.75, 3.05) is 31.6 Å². The molecule has 144 valence electrons. The molecule has 1 unspecified atom stereocenters. The van der Waals surface area contributed by atoms with Crippen LogP contribution in [0, 0.1) is 11.7 Å². The van der Waals surface area contributed by atoms with E-state index >= 15 is 0 Å². The van der Waals surface area contributed by atoms with Crippen LogP contribution in [0.4, 0.5) is 10.1 Å². The minimum atomic E-state index is -1.04. The lowest BCUT2D eigenvalue weighted by Crippen LogP contribution is -2.38. The van der Waals surface area contributed by atoms with Gasteiger partial charge in [-0.25, -0.2) is 4.39 Å². The molecule has 0 radical (unpaired) electrons. The maximum atomic E-state index is 14.2. The smallest absolute Gasteiger partial charge is 0.308 e. The van der Waals surface area contributed by atoms with E-state index in [2.05, 4.69) is 5.32 Å². The molecule has 0 aliphatic rings. The number of rotatable bonds is 10. The Labute approximate surface area is 152 Å². The molecule has 0 heterocycles. The van der Waals surface area contributed by atoms with Gasteiger partial charge in [0.25, 0.3) is 5.91 Å². The van der Waals surface area contributed by atoms with E-state index in [1.807, 2.05) is 6.92 Å². The largest absolute Gasteiger partial charge is 0.481 e. The third kappa shape index (κ3) is 6.79. The van der Waals surface area contributed by atoms with Crippen LogP contribution in [-0.2, 0) is 14.3 Å². The molecule has 0 bridgehead atoms. The molecule has 0 saturated carbocycles. The lowest BCUT2D eigenvalue weighted by molar-refractivity contribution is -0.141. The first-order valence-corrected chi connectivity index (χ1v) is 8.43. The molecule has 1 aromatic rings. The highest BCUT2D eigenvalue weighted by Gasteiger charge is 2.24. The Kier molecular flexibility index (Phi) is 8.71. The highest BCUT2D eigenvalue weighted by atomic mass is 19.1. The standard InChI is InChI=1S/C18H25FN2O5/c1-4-26-9-5-8-21(11-12(2)18(24)25)17(23)15-10-14(20-13(3)22)6-7-16(15)19/h6-7,10,12H,4-5,8-9,11H2,1-3H3,(H,20,22)(H,24,25). The lowest BCUT2D eigenvalue weighted by atomic mass is 10.1. The second-order valence-electron chi connectivity index (χ2n) is 5.92. The van der Waals surface area contributed by atoms with E-state index in [1.165, 1.54) is 30.9 Å². The zero-order valence-electron chi connectivity index (χ0n) is 15.3. The molecule has 1 atom stereocenters. The van der Waals surface area contributed by atoms with Gasteiger partial charge >= 0.3 is 5.97 Å². The molecular formula is C18H25FN2O5. The second kappa shape index (κ2) is 10.5. The van der Waals surface area contributed by atoms with E-state index in [0.29, 0.717) is 25.3 Å². The second-order valence-corrected chi connectivity index (χ2v) is 5.92. The van der Waals surface area contributed by atoms with Gasteiger partial charge in [0.1, 0.15) is 5.82 Å². The monoisotopic (exact) mass is 368 g/mol. The minimum Gasteiger partial charge on any atom is -0.481 e. The molecule has 2 amide bonds. The SMILES string of the molecule is CCOCCCN(CC(C)C(=O)O)C(=O)c1cc(NC(C)=O)ccc1F. The van der Waals surface area contributed by atoms with Gasteiger partial charge in [0.2, 0.25) is 5.91 Å². The first-order chi connectivity index (χ1) is 12.3. The van der Waals surface area contributed by atoms with Gasteiger partial charge < -0.3 is 20.1 Å². The third-order valence-electron chi connectivity index (χ3n) is 3.64. The van der Waals surface area contributed by atoms with Crippen molar-refractivity contribution >= 4 is 23.5 Å². The van der Waals surface area contributed by atoms with Gasteiger partial charge in [0, 0.05) is 38.9 Å². The molecule has 0 aliphatic carbocycles. The first-order valence-electron chi connectivity index (χ1n) is 8.43. The summed E-state index contributed by atoms with van der Waals surface area (Å²) in [5.41, 5.74) is 0.0769. The summed E-state index contributed by atoms with van der Waals surface area (Å²) in [6, 6.07) is 3.70. The molecule has 0 aliphatic heterocycles. The molecule has 8 heteroatoms. The van der Waals surface area contributed by atoms with Gasteiger partial charge in [-0.3, -0.25) is 14.4 Å². The predicted octanol–water partition coefficient (Wildman–Crippen LogP) is 2.37. The topological polar surface area (TPSA) is 95.9 Å². The zero-order chi connectivity index (χ0) is 19.7. The van der Waals surface area contributed by atoms with Crippen molar-refractivity contribution in [1.29, 1.82) is 0 Å². The molecule has 0 fully saturated rings. The number of nitrogens with zero attached hydrogens (tertiary/aromatic N) is 1. The Balaban J connectivity index is 3.01. The van der Waals surface area contributed by atoms with Gasteiger partial charge in [0.15, 0.2) is 0 Å². The van der Waals surface area contributed by atoms with Crippen LogP contribution in [0.2, 0.25) is 0 Å². The number of hydrogen-bond donors (Lipinski definition) is 2. The van der Waals surface area contributed by atoms with E-state index < -0.39 is 23.6 Å². The van der Waals surface area contributed by atoms with E-state index in [4.69, 9.17) is 9.84 Å². The fourth-order valence-corrected chi connectivity index (χ4v) is 2.33. The van der Waals surface area contributed by atoms with Crippen molar-refractivity contribution in [3.05, 3.63) is 29.6 Å². The van der Waals surface area contributed by atoms with Crippen LogP contribution in [0.5, 0.6) is 0 Å². The van der Waals surface area contributed by atoms with Crippen LogP contribution in [0.25, 0.3) is 0 Å². The van der Waals surface area contributed by atoms with E-state index in [9.17, 15) is 18.8 Å². The highest BCUT2D eigenvalue weighted by Crippen LogP contribution is 2.18. The summed E-state index contributed by atoms with van der Waals surface area (Å²) in [6.45, 7) is 5.76. The normalized spacial score (nSPS) is 11.7. The van der Waals surface area contributed by atoms with Crippen LogP contribution in [-0.4, -0.2) is 54.1 Å². The number of nitrogens with one attached hydrogen (secondary N) is 1. The predicted molar refractivity (Wildman–Crippen MR) is 94.5 cm³/mol. The minimum absolute atomic E-state index is 0.0515. The van der Waals surface area contributed by atoms with Gasteiger partial charge in [0.05, 0.1) is 11.5 Å². The number of benzene rings is 1. The van der Waals surface area contributed by atoms with Crippen molar-refractivity contribution in [3.8, 4) is 0 Å². The number of hydrogen-bond acceptors (Lipinski definition) is 4. The van der Waals surface area contributed by atoms with Crippen molar-refractivity contribution < 1.29 is 28.6 Å². The summed E-state index contributed by atoms with van der Waals surface area (Å²) in [6.07, 6.45) is 0.499. The summed E-state index contributed by atoms with van der Waals surface area (Å²) in [5.74, 6) is -3.54. The molecule has 26 heavy (non-hydrogen) atoms. The number of halogens is 1. The molecule has 7 nitrogen and oxygen atoms in total. The molecule has 0 spiro atoms. The Morgan fingerprint density at radius 1 is 1.35 bits per heavy atom. The van der Waals surface area contributed by atoms with Crippen molar-refractivity contribution in [1.82, 2.24) is 4.90 Å². The van der Waals surface area contributed by atoms with Gasteiger partial charge in [-0.15, -0.1) is 0 Å². The third-order valence-corrected chi connectivity index (χ3v) is 3.64. The van der Waals surface area contributed by atoms with Crippen LogP contribution in [0.1, 0.15) is 37.6 Å². The number of carbonyl (C=O) groups excluding carboxylic acids is 2. The van der Waals surface area contributed by atoms with Crippen LogP contribution in [0.15, 0.2) is 18.2 Å². The number of anilines is 1. The van der Waals surface area contributed by atoms with Crippen LogP contribution in [0.3, 0.4) is 0 Å². The number of carboxylic acids is 1. The fourth-order valence-electron chi connectivity index (χ4n) is 2.33. The quantitative estimate of drug-likeness (QED) is 0.618. The number of carboxylic acid groups (broad SMARTS) is 1. The summed E-state index contributed by atoms with van der Waals surface area (Å²) in [4.78, 5) is 36.3. The van der Waals surface area contributed by atoms with E-state index in [1.54, 1.807) is 0 Å². The maximum absolute atomic E-state index is 14.2. The molecule has 0 aromatic heterocycles. The van der Waals surface area contributed by atoms with Gasteiger partial charge in [-0.1, -0.05) is 6.92 Å². The molecule has 1 rings (SSSR count). The van der Waals surface area contributed by atoms with Gasteiger partial charge in [-0.05, 0) is 31.5 Å². The average Bonchev–Trinajstić information content (AvgIpc) is 2.58. The Bertz CT molecular complexity index is 650. The van der Waals surface area contributed by atoms with E-state index in [0.717, 1.165) is 6.07 Å². The summed E-state index contributed by atoms with van der Waals surface area (Å²) in [5, 5.41) is 11.6. The Morgan fingerprint density at radius 2 is 2.04 bits per heavy atom. The van der Waals surface area contributed by atoms with Crippen LogP contribution < -0.4 is 5.32 Å². The van der Waals surface area contributed by atoms with Crippen molar-refractivity contribution in [2.24, 2.45) is 5.92 Å². The number of aliphatic carboxylic acids is 1. The molecule has 2 N–H and O–H groups in total. The number of amides is 2. The maximum Gasteiger partial charge on any atom is 0.308 e.